The van der Waals surface area contributed by atoms with E-state index in [-0.39, 0.29) is 6.04 Å². The van der Waals surface area contributed by atoms with E-state index in [1.54, 1.807) is 17.4 Å². The molecule has 1 aliphatic rings. The van der Waals surface area contributed by atoms with Crippen molar-refractivity contribution < 1.29 is 0 Å². The van der Waals surface area contributed by atoms with Crippen LogP contribution in [0.25, 0.3) is 0 Å². The number of thiazole rings is 1. The quantitative estimate of drug-likeness (QED) is 0.841. The molecule has 4 nitrogen and oxygen atoms in total. The Bertz CT molecular complexity index is 609. The lowest BCUT2D eigenvalue weighted by Crippen LogP contribution is -2.09. The lowest BCUT2D eigenvalue weighted by Gasteiger charge is -2.12. The second kappa shape index (κ2) is 5.66. The van der Waals surface area contributed by atoms with E-state index < -0.39 is 0 Å². The minimum Gasteiger partial charge on any atom is -0.361 e. The summed E-state index contributed by atoms with van der Waals surface area (Å²) in [6, 6.07) is 1.90. The predicted octanol–water partition coefficient (Wildman–Crippen LogP) is 4.20. The number of hydrogen-bond acceptors (Lipinski definition) is 5. The highest BCUT2D eigenvalue weighted by atomic mass is 35.5. The van der Waals surface area contributed by atoms with Crippen molar-refractivity contribution in [2.24, 2.45) is 0 Å². The molecule has 1 saturated carbocycles. The number of anilines is 1. The summed E-state index contributed by atoms with van der Waals surface area (Å²) in [4.78, 5) is 14.6. The fraction of sp³-hybridized carbons (Fsp3) is 0.500. The predicted molar refractivity (Wildman–Crippen MR) is 82.5 cm³/mol. The molecular formula is C14H17ClN4S. The van der Waals surface area contributed by atoms with Gasteiger partial charge < -0.3 is 5.32 Å². The zero-order valence-electron chi connectivity index (χ0n) is 11.6. The van der Waals surface area contributed by atoms with Crippen LogP contribution >= 0.6 is 22.9 Å². The number of hydrogen-bond donors (Lipinski definition) is 1. The molecule has 6 heteroatoms. The standard InChI is InChI=1S/C14H17ClN4S/c1-3-10-7-16-14(20-10)8(2)17-12-6-11(15)18-13(19-12)9-4-5-9/h6-9H,3-5H2,1-2H3,(H,17,18,19). The topological polar surface area (TPSA) is 50.7 Å². The van der Waals surface area contributed by atoms with Crippen LogP contribution in [-0.2, 0) is 6.42 Å². The van der Waals surface area contributed by atoms with Crippen molar-refractivity contribution in [3.05, 3.63) is 33.1 Å². The minimum absolute atomic E-state index is 0.123. The van der Waals surface area contributed by atoms with Gasteiger partial charge in [0.05, 0.1) is 6.04 Å². The van der Waals surface area contributed by atoms with E-state index in [1.807, 2.05) is 6.20 Å². The molecule has 1 unspecified atom stereocenters. The Morgan fingerprint density at radius 2 is 2.25 bits per heavy atom. The van der Waals surface area contributed by atoms with Crippen molar-refractivity contribution in [1.29, 1.82) is 0 Å². The first-order chi connectivity index (χ1) is 9.65. The molecule has 0 saturated heterocycles. The maximum Gasteiger partial charge on any atom is 0.135 e. The lowest BCUT2D eigenvalue weighted by molar-refractivity contribution is 0.844. The van der Waals surface area contributed by atoms with Crippen molar-refractivity contribution in [3.63, 3.8) is 0 Å². The van der Waals surface area contributed by atoms with Gasteiger partial charge in [-0.3, -0.25) is 0 Å². The fourth-order valence-corrected chi connectivity index (χ4v) is 3.05. The molecular weight excluding hydrogens is 292 g/mol. The van der Waals surface area contributed by atoms with Gasteiger partial charge >= 0.3 is 0 Å². The third-order valence-electron chi connectivity index (χ3n) is 3.31. The van der Waals surface area contributed by atoms with E-state index in [0.29, 0.717) is 11.1 Å². The van der Waals surface area contributed by atoms with E-state index in [2.05, 4.69) is 34.1 Å². The van der Waals surface area contributed by atoms with Crippen LogP contribution in [0.2, 0.25) is 5.15 Å². The van der Waals surface area contributed by atoms with E-state index in [1.165, 1.54) is 17.7 Å². The normalized spacial score (nSPS) is 16.1. The second-order valence-electron chi connectivity index (χ2n) is 5.09. The molecule has 0 spiro atoms. The molecule has 0 amide bonds. The number of aromatic nitrogens is 3. The molecule has 106 valence electrons. The second-order valence-corrected chi connectivity index (χ2v) is 6.63. The average molecular weight is 309 g/mol. The third-order valence-corrected chi connectivity index (χ3v) is 4.83. The van der Waals surface area contributed by atoms with Crippen LogP contribution in [0.1, 0.15) is 54.4 Å². The van der Waals surface area contributed by atoms with E-state index in [9.17, 15) is 0 Å². The van der Waals surface area contributed by atoms with Gasteiger partial charge in [0.1, 0.15) is 21.8 Å². The largest absolute Gasteiger partial charge is 0.361 e. The van der Waals surface area contributed by atoms with Crippen LogP contribution in [0.5, 0.6) is 0 Å². The Hall–Kier alpha value is -1.20. The van der Waals surface area contributed by atoms with Gasteiger partial charge in [-0.15, -0.1) is 11.3 Å². The summed E-state index contributed by atoms with van der Waals surface area (Å²) >= 11 is 7.81. The minimum atomic E-state index is 0.123. The Morgan fingerprint density at radius 1 is 1.45 bits per heavy atom. The van der Waals surface area contributed by atoms with Crippen molar-refractivity contribution in [1.82, 2.24) is 15.0 Å². The average Bonchev–Trinajstić information content (AvgIpc) is 3.15. The Labute approximate surface area is 127 Å². The van der Waals surface area contributed by atoms with Crippen LogP contribution in [-0.4, -0.2) is 15.0 Å². The summed E-state index contributed by atoms with van der Waals surface area (Å²) in [5.41, 5.74) is 0. The molecule has 2 aromatic heterocycles. The molecule has 3 rings (SSSR count). The maximum absolute atomic E-state index is 6.07. The van der Waals surface area contributed by atoms with Crippen LogP contribution in [0.15, 0.2) is 12.3 Å². The number of nitrogens with one attached hydrogen (secondary N) is 1. The molecule has 0 bridgehead atoms. The van der Waals surface area contributed by atoms with Gasteiger partial charge in [-0.1, -0.05) is 18.5 Å². The molecule has 2 aromatic rings. The van der Waals surface area contributed by atoms with Gasteiger partial charge in [-0.2, -0.15) is 0 Å². The van der Waals surface area contributed by atoms with Crippen molar-refractivity contribution in [2.45, 2.75) is 45.1 Å². The van der Waals surface area contributed by atoms with E-state index in [0.717, 1.165) is 23.1 Å². The Balaban J connectivity index is 1.76. The highest BCUT2D eigenvalue weighted by Crippen LogP contribution is 2.39. The first-order valence-electron chi connectivity index (χ1n) is 6.91. The van der Waals surface area contributed by atoms with Gasteiger partial charge in [-0.05, 0) is 26.2 Å². The van der Waals surface area contributed by atoms with Gasteiger partial charge in [0, 0.05) is 23.1 Å². The van der Waals surface area contributed by atoms with E-state index >= 15 is 0 Å². The monoisotopic (exact) mass is 308 g/mol. The van der Waals surface area contributed by atoms with Gasteiger partial charge in [0.2, 0.25) is 0 Å². The van der Waals surface area contributed by atoms with Crippen molar-refractivity contribution in [3.8, 4) is 0 Å². The highest BCUT2D eigenvalue weighted by Gasteiger charge is 2.27. The van der Waals surface area contributed by atoms with E-state index in [4.69, 9.17) is 11.6 Å². The van der Waals surface area contributed by atoms with Crippen molar-refractivity contribution in [2.75, 3.05) is 5.32 Å². The Kier molecular flexibility index (Phi) is 3.89. The summed E-state index contributed by atoms with van der Waals surface area (Å²) in [6.07, 6.45) is 5.31. The SMILES string of the molecule is CCc1cnc(C(C)Nc2cc(Cl)nc(C3CC3)n2)s1. The number of aryl methyl sites for hydroxylation is 1. The van der Waals surface area contributed by atoms with Gasteiger partial charge in [0.15, 0.2) is 0 Å². The summed E-state index contributed by atoms with van der Waals surface area (Å²) in [6.45, 7) is 4.23. The number of rotatable bonds is 5. The van der Waals surface area contributed by atoms with Crippen LogP contribution in [0.3, 0.4) is 0 Å². The molecule has 1 fully saturated rings. The van der Waals surface area contributed by atoms with Crippen LogP contribution in [0.4, 0.5) is 5.82 Å². The molecule has 0 aromatic carbocycles. The Morgan fingerprint density at radius 3 is 2.90 bits per heavy atom. The summed E-state index contributed by atoms with van der Waals surface area (Å²) in [7, 11) is 0. The zero-order chi connectivity index (χ0) is 14.1. The first kappa shape index (κ1) is 13.8. The molecule has 0 radical (unpaired) electrons. The number of nitrogens with zero attached hydrogens (tertiary/aromatic N) is 3. The van der Waals surface area contributed by atoms with Gasteiger partial charge in [-0.25, -0.2) is 15.0 Å². The zero-order valence-corrected chi connectivity index (χ0v) is 13.1. The molecule has 0 aliphatic heterocycles. The van der Waals surface area contributed by atoms with Crippen LogP contribution in [0, 0.1) is 0 Å². The molecule has 1 atom stereocenters. The fourth-order valence-electron chi connectivity index (χ4n) is 2.00. The maximum atomic E-state index is 6.07. The van der Waals surface area contributed by atoms with Crippen molar-refractivity contribution >= 4 is 28.8 Å². The third kappa shape index (κ3) is 3.10. The molecule has 1 aliphatic carbocycles. The molecule has 1 N–H and O–H groups in total. The summed E-state index contributed by atoms with van der Waals surface area (Å²) < 4.78 is 0. The smallest absolute Gasteiger partial charge is 0.135 e. The number of halogens is 1. The lowest BCUT2D eigenvalue weighted by atomic mass is 10.3. The van der Waals surface area contributed by atoms with Crippen LogP contribution < -0.4 is 5.32 Å². The summed E-state index contributed by atoms with van der Waals surface area (Å²) in [5.74, 6) is 2.14. The first-order valence-corrected chi connectivity index (χ1v) is 8.10. The summed E-state index contributed by atoms with van der Waals surface area (Å²) in [5, 5.41) is 4.95. The molecule has 20 heavy (non-hydrogen) atoms. The molecule has 2 heterocycles. The van der Waals surface area contributed by atoms with Gasteiger partial charge in [0.25, 0.3) is 0 Å². The highest BCUT2D eigenvalue weighted by molar-refractivity contribution is 7.11.